The zero-order valence-electron chi connectivity index (χ0n) is 7.89. The van der Waals surface area contributed by atoms with Gasteiger partial charge in [-0.2, -0.15) is 0 Å². The Bertz CT molecular complexity index is 83.6. The molecule has 1 radical (unpaired) electrons. The Morgan fingerprint density at radius 1 is 1.27 bits per heavy atom. The van der Waals surface area contributed by atoms with Gasteiger partial charge in [0.15, 0.2) is 0 Å². The van der Waals surface area contributed by atoms with Crippen LogP contribution in [0.25, 0.3) is 0 Å². The number of unbranched alkanes of at least 4 members (excludes halogenated alkanes) is 2. The first kappa shape index (κ1) is 10.9. The summed E-state index contributed by atoms with van der Waals surface area (Å²) in [6, 6.07) is 0. The average Bonchev–Trinajstić information content (AvgIpc) is 1.97. The summed E-state index contributed by atoms with van der Waals surface area (Å²) in [6.45, 7) is 6.94. The van der Waals surface area contributed by atoms with Crippen LogP contribution in [0.2, 0.25) is 0 Å². The van der Waals surface area contributed by atoms with E-state index in [1.165, 1.54) is 12.8 Å². The molecular formula is C9H20NO. The lowest BCUT2D eigenvalue weighted by Crippen LogP contribution is -2.32. The van der Waals surface area contributed by atoms with Crippen molar-refractivity contribution >= 4 is 0 Å². The molecule has 2 heteroatoms. The smallest absolute Gasteiger partial charge is 0.146 e. The van der Waals surface area contributed by atoms with Crippen LogP contribution in [-0.4, -0.2) is 12.8 Å². The first-order valence-electron chi connectivity index (χ1n) is 4.57. The summed E-state index contributed by atoms with van der Waals surface area (Å²) in [5, 5.41) is 14.0. The fourth-order valence-electron chi connectivity index (χ4n) is 0.855. The molecule has 11 heavy (non-hydrogen) atoms. The molecule has 0 fully saturated rings. The van der Waals surface area contributed by atoms with Crippen molar-refractivity contribution in [1.29, 1.82) is 0 Å². The predicted molar refractivity (Wildman–Crippen MR) is 46.8 cm³/mol. The van der Waals surface area contributed by atoms with Gasteiger partial charge < -0.3 is 0 Å². The molecule has 1 N–H and O–H groups in total. The first-order chi connectivity index (χ1) is 5.18. The Morgan fingerprint density at radius 2 is 1.91 bits per heavy atom. The molecule has 0 heterocycles. The summed E-state index contributed by atoms with van der Waals surface area (Å²) < 4.78 is 0. The van der Waals surface area contributed by atoms with Gasteiger partial charge in [-0.1, -0.05) is 33.6 Å². The van der Waals surface area contributed by atoms with Crippen molar-refractivity contribution in [3.8, 4) is 0 Å². The van der Waals surface area contributed by atoms with Crippen molar-refractivity contribution < 1.29 is 5.11 Å². The lowest BCUT2D eigenvalue weighted by atomic mass is 10.2. The highest BCUT2D eigenvalue weighted by atomic mass is 16.3. The van der Waals surface area contributed by atoms with Crippen LogP contribution >= 0.6 is 0 Å². The van der Waals surface area contributed by atoms with E-state index in [0.29, 0.717) is 0 Å². The minimum atomic E-state index is -0.577. The van der Waals surface area contributed by atoms with Gasteiger partial charge >= 0.3 is 0 Å². The third-order valence-electron chi connectivity index (χ3n) is 1.73. The third-order valence-corrected chi connectivity index (χ3v) is 1.73. The van der Waals surface area contributed by atoms with Gasteiger partial charge in [0.05, 0.1) is 0 Å². The third kappa shape index (κ3) is 6.32. The van der Waals surface area contributed by atoms with Crippen LogP contribution in [0.3, 0.4) is 0 Å². The first-order valence-corrected chi connectivity index (χ1v) is 4.57. The standard InChI is InChI=1S/C9H20NO/c1-4-5-6-7-10-9(11)8(2)3/h8-10H,4-7H2,1-3H3. The molecule has 1 unspecified atom stereocenters. The molecule has 0 aliphatic heterocycles. The average molecular weight is 158 g/mol. The molecule has 0 aliphatic rings. The van der Waals surface area contributed by atoms with E-state index in [4.69, 9.17) is 0 Å². The minimum absolute atomic E-state index is 0.205. The van der Waals surface area contributed by atoms with E-state index in [-0.39, 0.29) is 5.92 Å². The Kier molecular flexibility index (Phi) is 6.57. The summed E-state index contributed by atoms with van der Waals surface area (Å²) in [5.41, 5.74) is 0. The zero-order chi connectivity index (χ0) is 8.69. The quantitative estimate of drug-likeness (QED) is 0.466. The van der Waals surface area contributed by atoms with Gasteiger partial charge in [0, 0.05) is 0 Å². The molecule has 0 rings (SSSR count). The minimum Gasteiger partial charge on any atom is -0.289 e. The fraction of sp³-hybridized carbons (Fsp3) is 1.00. The Labute approximate surface area is 70.0 Å². The largest absolute Gasteiger partial charge is 0.289 e. The maximum absolute atomic E-state index is 11.1. The summed E-state index contributed by atoms with van der Waals surface area (Å²) in [4.78, 5) is 0. The van der Waals surface area contributed by atoms with Gasteiger partial charge in [0.1, 0.15) is 6.23 Å². The molecule has 0 aromatic rings. The molecule has 0 saturated carbocycles. The van der Waals surface area contributed by atoms with Crippen molar-refractivity contribution in [2.24, 2.45) is 5.92 Å². The summed E-state index contributed by atoms with van der Waals surface area (Å²) in [6.07, 6.45) is 2.99. The monoisotopic (exact) mass is 158 g/mol. The maximum atomic E-state index is 11.1. The second-order valence-corrected chi connectivity index (χ2v) is 3.33. The SMILES string of the molecule is CCCCCNC([O])C(C)C. The molecule has 67 valence electrons. The van der Waals surface area contributed by atoms with E-state index in [1.54, 1.807) is 0 Å². The zero-order valence-corrected chi connectivity index (χ0v) is 7.89. The topological polar surface area (TPSA) is 31.9 Å². The molecule has 0 bridgehead atoms. The van der Waals surface area contributed by atoms with Gasteiger partial charge in [-0.05, 0) is 18.9 Å². The van der Waals surface area contributed by atoms with E-state index < -0.39 is 6.23 Å². The van der Waals surface area contributed by atoms with Crippen LogP contribution in [0.4, 0.5) is 0 Å². The van der Waals surface area contributed by atoms with Crippen LogP contribution < -0.4 is 5.32 Å². The molecule has 0 aromatic heterocycles. The van der Waals surface area contributed by atoms with Crippen molar-refractivity contribution in [3.05, 3.63) is 0 Å². The molecule has 2 nitrogen and oxygen atoms in total. The van der Waals surface area contributed by atoms with Crippen LogP contribution in [-0.2, 0) is 5.11 Å². The van der Waals surface area contributed by atoms with Crippen molar-refractivity contribution in [2.45, 2.75) is 46.3 Å². The molecule has 0 spiro atoms. The highest BCUT2D eigenvalue weighted by Crippen LogP contribution is 1.98. The summed E-state index contributed by atoms with van der Waals surface area (Å²) in [7, 11) is 0. The highest BCUT2D eigenvalue weighted by molar-refractivity contribution is 4.56. The summed E-state index contributed by atoms with van der Waals surface area (Å²) >= 11 is 0. The van der Waals surface area contributed by atoms with Crippen LogP contribution in [0.5, 0.6) is 0 Å². The molecule has 0 aliphatic carbocycles. The molecule has 1 atom stereocenters. The Balaban J connectivity index is 3.10. The van der Waals surface area contributed by atoms with Gasteiger partial charge in [-0.25, -0.2) is 5.11 Å². The van der Waals surface area contributed by atoms with Crippen LogP contribution in [0.15, 0.2) is 0 Å². The van der Waals surface area contributed by atoms with Gasteiger partial charge in [0.25, 0.3) is 0 Å². The number of hydrogen-bond acceptors (Lipinski definition) is 1. The Hall–Kier alpha value is -0.0800. The lowest BCUT2D eigenvalue weighted by Gasteiger charge is -2.13. The highest BCUT2D eigenvalue weighted by Gasteiger charge is 2.08. The molecule has 0 aromatic carbocycles. The number of hydrogen-bond donors (Lipinski definition) is 1. The predicted octanol–water partition coefficient (Wildman–Crippen LogP) is 2.18. The van der Waals surface area contributed by atoms with E-state index in [2.05, 4.69) is 12.2 Å². The summed E-state index contributed by atoms with van der Waals surface area (Å²) in [5.74, 6) is 0.205. The second kappa shape index (κ2) is 6.62. The van der Waals surface area contributed by atoms with Crippen molar-refractivity contribution in [3.63, 3.8) is 0 Å². The van der Waals surface area contributed by atoms with Crippen molar-refractivity contribution in [2.75, 3.05) is 6.54 Å². The van der Waals surface area contributed by atoms with E-state index >= 15 is 0 Å². The van der Waals surface area contributed by atoms with E-state index in [1.807, 2.05) is 13.8 Å². The second-order valence-electron chi connectivity index (χ2n) is 3.33. The number of rotatable bonds is 6. The number of nitrogens with one attached hydrogen (secondary N) is 1. The molecule has 0 amide bonds. The van der Waals surface area contributed by atoms with Crippen LogP contribution in [0, 0.1) is 5.92 Å². The van der Waals surface area contributed by atoms with Gasteiger partial charge in [0.2, 0.25) is 0 Å². The maximum Gasteiger partial charge on any atom is 0.146 e. The van der Waals surface area contributed by atoms with Crippen molar-refractivity contribution in [1.82, 2.24) is 5.32 Å². The fourth-order valence-corrected chi connectivity index (χ4v) is 0.855. The normalized spacial score (nSPS) is 13.9. The van der Waals surface area contributed by atoms with E-state index in [9.17, 15) is 5.11 Å². The lowest BCUT2D eigenvalue weighted by molar-refractivity contribution is 0.0212. The van der Waals surface area contributed by atoms with Crippen LogP contribution in [0.1, 0.15) is 40.0 Å². The molecular weight excluding hydrogens is 138 g/mol. The Morgan fingerprint density at radius 3 is 2.36 bits per heavy atom. The van der Waals surface area contributed by atoms with E-state index in [0.717, 1.165) is 13.0 Å². The van der Waals surface area contributed by atoms with Gasteiger partial charge in [-0.15, -0.1) is 0 Å². The van der Waals surface area contributed by atoms with Gasteiger partial charge in [-0.3, -0.25) is 5.32 Å². The molecule has 0 saturated heterocycles.